The van der Waals surface area contributed by atoms with Gasteiger partial charge in [0.05, 0.1) is 5.69 Å². The Balaban J connectivity index is 2.83. The summed E-state index contributed by atoms with van der Waals surface area (Å²) in [6.45, 7) is 8.51. The van der Waals surface area contributed by atoms with E-state index in [2.05, 4.69) is 10.5 Å². The highest BCUT2D eigenvalue weighted by atomic mass is 16.5. The minimum absolute atomic E-state index is 0.0890. The molecule has 0 aliphatic rings. The van der Waals surface area contributed by atoms with E-state index in [9.17, 15) is 4.79 Å². The van der Waals surface area contributed by atoms with Crippen molar-refractivity contribution in [3.05, 3.63) is 17.5 Å². The molecular formula is C10H16N2O2. The predicted octanol–water partition coefficient (Wildman–Crippen LogP) is 1.72. The number of hydrogen-bond donors (Lipinski definition) is 1. The topological polar surface area (TPSA) is 55.1 Å². The fourth-order valence-electron chi connectivity index (χ4n) is 0.983. The number of carbonyl (C=O) groups excluding carboxylic acids is 1. The van der Waals surface area contributed by atoms with E-state index in [4.69, 9.17) is 4.52 Å². The van der Waals surface area contributed by atoms with E-state index in [1.165, 1.54) is 0 Å². The lowest BCUT2D eigenvalue weighted by atomic mass is 9.92. The van der Waals surface area contributed by atoms with Crippen LogP contribution < -0.4 is 5.32 Å². The molecule has 1 aromatic rings. The van der Waals surface area contributed by atoms with E-state index in [1.807, 2.05) is 27.7 Å². The molecule has 1 rings (SSSR count). The van der Waals surface area contributed by atoms with Gasteiger partial charge in [-0.15, -0.1) is 0 Å². The van der Waals surface area contributed by atoms with Crippen molar-refractivity contribution in [1.29, 1.82) is 0 Å². The SMILES string of the molecule is CCNC(=O)c1cc(C(C)(C)C)no1. The van der Waals surface area contributed by atoms with Gasteiger partial charge in [0.25, 0.3) is 5.91 Å². The van der Waals surface area contributed by atoms with Crippen LogP contribution in [0.15, 0.2) is 10.6 Å². The van der Waals surface area contributed by atoms with Crippen LogP contribution in [0.5, 0.6) is 0 Å². The highest BCUT2D eigenvalue weighted by Crippen LogP contribution is 2.21. The molecule has 78 valence electrons. The van der Waals surface area contributed by atoms with Crippen LogP contribution in [-0.4, -0.2) is 17.6 Å². The largest absolute Gasteiger partial charge is 0.351 e. The highest BCUT2D eigenvalue weighted by Gasteiger charge is 2.21. The summed E-state index contributed by atoms with van der Waals surface area (Å²) < 4.78 is 4.94. The maximum atomic E-state index is 11.3. The third-order valence-corrected chi connectivity index (χ3v) is 1.84. The lowest BCUT2D eigenvalue weighted by molar-refractivity contribution is 0.0918. The Morgan fingerprint density at radius 2 is 2.21 bits per heavy atom. The number of rotatable bonds is 2. The van der Waals surface area contributed by atoms with Crippen LogP contribution in [0.4, 0.5) is 0 Å². The monoisotopic (exact) mass is 196 g/mol. The first-order valence-electron chi connectivity index (χ1n) is 4.70. The summed E-state index contributed by atoms with van der Waals surface area (Å²) in [6.07, 6.45) is 0. The first-order valence-corrected chi connectivity index (χ1v) is 4.70. The number of amides is 1. The Morgan fingerprint density at radius 3 is 2.64 bits per heavy atom. The molecule has 0 unspecified atom stereocenters. The zero-order valence-corrected chi connectivity index (χ0v) is 9.05. The summed E-state index contributed by atoms with van der Waals surface area (Å²) >= 11 is 0. The molecule has 4 nitrogen and oxygen atoms in total. The summed E-state index contributed by atoms with van der Waals surface area (Å²) in [5, 5.41) is 6.51. The number of hydrogen-bond acceptors (Lipinski definition) is 3. The lowest BCUT2D eigenvalue weighted by Gasteiger charge is -2.12. The van der Waals surface area contributed by atoms with Gasteiger partial charge in [-0.25, -0.2) is 0 Å². The summed E-state index contributed by atoms with van der Waals surface area (Å²) in [5.74, 6) is 0.0623. The van der Waals surface area contributed by atoms with Gasteiger partial charge < -0.3 is 9.84 Å². The Kier molecular flexibility index (Phi) is 2.93. The van der Waals surface area contributed by atoms with Crippen molar-refractivity contribution in [2.24, 2.45) is 0 Å². The van der Waals surface area contributed by atoms with Crippen LogP contribution in [0.25, 0.3) is 0 Å². The van der Waals surface area contributed by atoms with Gasteiger partial charge in [0.1, 0.15) is 0 Å². The zero-order chi connectivity index (χ0) is 10.8. The van der Waals surface area contributed by atoms with E-state index < -0.39 is 0 Å². The molecule has 1 heterocycles. The summed E-state index contributed by atoms with van der Waals surface area (Å²) in [5.41, 5.74) is 0.701. The third-order valence-electron chi connectivity index (χ3n) is 1.84. The van der Waals surface area contributed by atoms with Gasteiger partial charge in [0, 0.05) is 18.0 Å². The van der Waals surface area contributed by atoms with Crippen LogP contribution >= 0.6 is 0 Å². The van der Waals surface area contributed by atoms with Crippen molar-refractivity contribution in [2.75, 3.05) is 6.54 Å². The fraction of sp³-hybridized carbons (Fsp3) is 0.600. The van der Waals surface area contributed by atoms with Crippen LogP contribution in [0, 0.1) is 0 Å². The molecule has 14 heavy (non-hydrogen) atoms. The molecule has 0 bridgehead atoms. The Labute approximate surface area is 83.7 Å². The van der Waals surface area contributed by atoms with Crippen molar-refractivity contribution in [2.45, 2.75) is 33.1 Å². The molecule has 0 saturated heterocycles. The predicted molar refractivity (Wildman–Crippen MR) is 53.2 cm³/mol. The van der Waals surface area contributed by atoms with E-state index in [0.29, 0.717) is 6.54 Å². The van der Waals surface area contributed by atoms with Gasteiger partial charge in [0.2, 0.25) is 5.76 Å². The van der Waals surface area contributed by atoms with Gasteiger partial charge in [0.15, 0.2) is 0 Å². The van der Waals surface area contributed by atoms with E-state index in [1.54, 1.807) is 6.07 Å². The Bertz CT molecular complexity index is 323. The molecule has 0 fully saturated rings. The molecule has 0 spiro atoms. The normalized spacial score (nSPS) is 11.4. The van der Waals surface area contributed by atoms with E-state index >= 15 is 0 Å². The summed E-state index contributed by atoms with van der Waals surface area (Å²) in [6, 6.07) is 1.69. The van der Waals surface area contributed by atoms with Gasteiger partial charge in [-0.2, -0.15) is 0 Å². The zero-order valence-electron chi connectivity index (χ0n) is 9.05. The number of aromatic nitrogens is 1. The van der Waals surface area contributed by atoms with Crippen molar-refractivity contribution >= 4 is 5.91 Å². The fourth-order valence-corrected chi connectivity index (χ4v) is 0.983. The Hall–Kier alpha value is -1.32. The average molecular weight is 196 g/mol. The molecule has 0 aromatic carbocycles. The number of nitrogens with one attached hydrogen (secondary N) is 1. The van der Waals surface area contributed by atoms with Gasteiger partial charge >= 0.3 is 0 Å². The molecule has 0 aliphatic heterocycles. The smallest absolute Gasteiger partial charge is 0.289 e. The van der Waals surface area contributed by atoms with Gasteiger partial charge in [-0.3, -0.25) is 4.79 Å². The molecule has 0 radical (unpaired) electrons. The van der Waals surface area contributed by atoms with Crippen LogP contribution in [0.2, 0.25) is 0 Å². The minimum atomic E-state index is -0.212. The second kappa shape index (κ2) is 3.82. The standard InChI is InChI=1S/C10H16N2O2/c1-5-11-9(13)7-6-8(12-14-7)10(2,3)4/h6H,5H2,1-4H3,(H,11,13). The molecule has 4 heteroatoms. The molecular weight excluding hydrogens is 180 g/mol. The highest BCUT2D eigenvalue weighted by molar-refractivity contribution is 5.91. The van der Waals surface area contributed by atoms with Gasteiger partial charge in [-0.1, -0.05) is 25.9 Å². The maximum absolute atomic E-state index is 11.3. The first kappa shape index (κ1) is 10.8. The molecule has 0 atom stereocenters. The average Bonchev–Trinajstić information content (AvgIpc) is 2.51. The lowest BCUT2D eigenvalue weighted by Crippen LogP contribution is -2.22. The van der Waals surface area contributed by atoms with Gasteiger partial charge in [-0.05, 0) is 6.92 Å². The summed E-state index contributed by atoms with van der Waals surface area (Å²) in [4.78, 5) is 11.3. The molecule has 1 amide bonds. The number of nitrogens with zero attached hydrogens (tertiary/aromatic N) is 1. The van der Waals surface area contributed by atoms with Crippen LogP contribution in [0.1, 0.15) is 43.9 Å². The molecule has 0 saturated carbocycles. The van der Waals surface area contributed by atoms with Crippen LogP contribution in [-0.2, 0) is 5.41 Å². The maximum Gasteiger partial charge on any atom is 0.289 e. The summed E-state index contributed by atoms with van der Waals surface area (Å²) in [7, 11) is 0. The van der Waals surface area contributed by atoms with E-state index in [0.717, 1.165) is 5.69 Å². The van der Waals surface area contributed by atoms with Crippen LogP contribution in [0.3, 0.4) is 0 Å². The first-order chi connectivity index (χ1) is 6.45. The van der Waals surface area contributed by atoms with Crippen molar-refractivity contribution < 1.29 is 9.32 Å². The minimum Gasteiger partial charge on any atom is -0.351 e. The molecule has 1 aromatic heterocycles. The Morgan fingerprint density at radius 1 is 1.57 bits per heavy atom. The second-order valence-electron chi connectivity index (χ2n) is 4.19. The van der Waals surface area contributed by atoms with Crippen molar-refractivity contribution in [1.82, 2.24) is 10.5 Å². The van der Waals surface area contributed by atoms with E-state index in [-0.39, 0.29) is 17.1 Å². The molecule has 1 N–H and O–H groups in total. The quantitative estimate of drug-likeness (QED) is 0.783. The van der Waals surface area contributed by atoms with Crippen molar-refractivity contribution in [3.63, 3.8) is 0 Å². The number of carbonyl (C=O) groups is 1. The molecule has 0 aliphatic carbocycles. The second-order valence-corrected chi connectivity index (χ2v) is 4.19. The van der Waals surface area contributed by atoms with Crippen molar-refractivity contribution in [3.8, 4) is 0 Å². The third kappa shape index (κ3) is 2.34.